The van der Waals surface area contributed by atoms with E-state index in [-0.39, 0.29) is 6.61 Å². The van der Waals surface area contributed by atoms with Crippen LogP contribution in [0.15, 0.2) is 176 Å². The van der Waals surface area contributed by atoms with Gasteiger partial charge in [-0.15, -0.1) is 11.3 Å². The largest absolute Gasteiger partial charge is 0.374 e. The van der Waals surface area contributed by atoms with Gasteiger partial charge in [-0.2, -0.15) is 0 Å². The molecule has 0 unspecified atom stereocenters. The molecule has 6 nitrogen and oxygen atoms in total. The molecule has 1 aliphatic rings. The second-order valence-electron chi connectivity index (χ2n) is 14.4. The van der Waals surface area contributed by atoms with Gasteiger partial charge in [0, 0.05) is 28.1 Å². The van der Waals surface area contributed by atoms with Crippen molar-refractivity contribution in [2.24, 2.45) is 0 Å². The van der Waals surface area contributed by atoms with Gasteiger partial charge in [-0.1, -0.05) is 175 Å². The van der Waals surface area contributed by atoms with Crippen LogP contribution in [0.5, 0.6) is 0 Å². The van der Waals surface area contributed by atoms with Gasteiger partial charge >= 0.3 is 0 Å². The van der Waals surface area contributed by atoms with E-state index in [1.807, 2.05) is 109 Å². The van der Waals surface area contributed by atoms with E-state index < -0.39 is 30.5 Å². The Labute approximate surface area is 350 Å². The van der Waals surface area contributed by atoms with Crippen LogP contribution in [0.3, 0.4) is 0 Å². The molecule has 8 rings (SSSR count). The predicted octanol–water partition coefficient (Wildman–Crippen LogP) is 11.5. The number of nitrogens with zero attached hydrogens (tertiary/aromatic N) is 1. The zero-order chi connectivity index (χ0) is 39.4. The van der Waals surface area contributed by atoms with Crippen molar-refractivity contribution >= 4 is 22.9 Å². The minimum atomic E-state index is -0.558. The predicted molar refractivity (Wildman–Crippen MR) is 231 cm³/mol. The molecule has 5 atom stereocenters. The van der Waals surface area contributed by atoms with Gasteiger partial charge in [0.1, 0.15) is 35.5 Å². The van der Waals surface area contributed by atoms with Crippen molar-refractivity contribution in [1.82, 2.24) is 4.98 Å². The minimum Gasteiger partial charge on any atom is -0.374 e. The molecule has 1 fully saturated rings. The molecule has 1 saturated heterocycles. The number of hydrogen-bond acceptors (Lipinski definition) is 7. The summed E-state index contributed by atoms with van der Waals surface area (Å²) < 4.78 is 34.5. The molecule has 0 spiro atoms. The van der Waals surface area contributed by atoms with Crippen molar-refractivity contribution in [3.8, 4) is 10.6 Å². The fourth-order valence-corrected chi connectivity index (χ4v) is 8.38. The second-order valence-corrected chi connectivity index (χ2v) is 15.9. The number of ether oxygens (including phenoxy) is 5. The van der Waals surface area contributed by atoms with Crippen LogP contribution in [0.25, 0.3) is 10.6 Å². The molecule has 1 aromatic heterocycles. The maximum atomic E-state index is 7.19. The lowest BCUT2D eigenvalue weighted by Crippen LogP contribution is -2.58. The van der Waals surface area contributed by atoms with Crippen molar-refractivity contribution in [1.29, 1.82) is 0 Å². The van der Waals surface area contributed by atoms with Crippen LogP contribution in [-0.4, -0.2) is 36.0 Å². The highest BCUT2D eigenvalue weighted by atomic mass is 35.5. The third kappa shape index (κ3) is 10.6. The second kappa shape index (κ2) is 20.1. The average molecular weight is 808 g/mol. The summed E-state index contributed by atoms with van der Waals surface area (Å²) in [6.45, 7) is 1.82. The topological polar surface area (TPSA) is 59.0 Å². The molecule has 1 aliphatic heterocycles. The van der Waals surface area contributed by atoms with Gasteiger partial charge in [-0.05, 0) is 39.4 Å². The summed E-state index contributed by atoms with van der Waals surface area (Å²) >= 11 is 8.63. The molecule has 0 aliphatic carbocycles. The minimum absolute atomic E-state index is 0.283. The van der Waals surface area contributed by atoms with Crippen LogP contribution in [-0.2, 0) is 56.5 Å². The summed E-state index contributed by atoms with van der Waals surface area (Å²) in [5.74, 6) is 0. The maximum absolute atomic E-state index is 7.19. The van der Waals surface area contributed by atoms with Gasteiger partial charge in [-0.3, -0.25) is 0 Å². The molecule has 0 amide bonds. The summed E-state index contributed by atoms with van der Waals surface area (Å²) in [7, 11) is 0. The van der Waals surface area contributed by atoms with Gasteiger partial charge < -0.3 is 23.7 Å². The average Bonchev–Trinajstić information content (AvgIpc) is 3.75. The zero-order valence-electron chi connectivity index (χ0n) is 32.1. The first kappa shape index (κ1) is 39.8. The molecule has 8 heteroatoms. The lowest BCUT2D eigenvalue weighted by Gasteiger charge is -2.46. The van der Waals surface area contributed by atoms with E-state index in [9.17, 15) is 0 Å². The van der Waals surface area contributed by atoms with Crippen LogP contribution in [0.2, 0.25) is 5.02 Å². The van der Waals surface area contributed by atoms with Gasteiger partial charge in [0.05, 0.1) is 33.0 Å². The Morgan fingerprint density at radius 3 is 1.62 bits per heavy atom. The third-order valence-electron chi connectivity index (χ3n) is 10.2. The van der Waals surface area contributed by atoms with Crippen molar-refractivity contribution < 1.29 is 23.7 Å². The Hall–Kier alpha value is -4.96. The lowest BCUT2D eigenvalue weighted by atomic mass is 9.89. The number of halogens is 1. The van der Waals surface area contributed by atoms with E-state index >= 15 is 0 Å². The first-order valence-electron chi connectivity index (χ1n) is 19.7. The SMILES string of the molecule is Clc1ccc([C@@H]2O[C@H](COCc3ccccc3)[C@@H](OCc3ccccc3)[C@H](OCc3ccccc3)[C@H]2OCc2ccccc2)cc1Cc1cnc(-c2ccccc2)s1. The Balaban J connectivity index is 1.15. The highest BCUT2D eigenvalue weighted by Crippen LogP contribution is 2.40. The van der Waals surface area contributed by atoms with Crippen LogP contribution >= 0.6 is 22.9 Å². The summed E-state index contributed by atoms with van der Waals surface area (Å²) in [5.41, 5.74) is 7.26. The standard InChI is InChI=1S/C50H46ClNO5S/c51-44-27-26-41(28-42(44)29-43-30-52-50(58-43)40-24-14-5-15-25-40)46-48(55-33-38-20-10-3-11-21-38)49(56-34-39-22-12-4-13-23-39)47(54-32-37-18-8-2-9-19-37)45(57-46)35-53-31-36-16-6-1-7-17-36/h1-28,30,45-49H,29,31-35H2/t45-,46+,47-,48+,49+/m1/s1. The normalized spacial score (nSPS) is 19.2. The van der Waals surface area contributed by atoms with Gasteiger partial charge in [0.25, 0.3) is 0 Å². The van der Waals surface area contributed by atoms with E-state index in [2.05, 4.69) is 66.7 Å². The first-order valence-corrected chi connectivity index (χ1v) is 20.9. The molecule has 0 radical (unpaired) electrons. The van der Waals surface area contributed by atoms with Gasteiger partial charge in [-0.25, -0.2) is 4.98 Å². The van der Waals surface area contributed by atoms with Crippen molar-refractivity contribution in [3.63, 3.8) is 0 Å². The summed E-state index contributed by atoms with van der Waals surface area (Å²) in [5, 5.41) is 1.66. The molecule has 0 N–H and O–H groups in total. The highest BCUT2D eigenvalue weighted by Gasteiger charge is 2.49. The third-order valence-corrected chi connectivity index (χ3v) is 11.6. The molecule has 0 bridgehead atoms. The van der Waals surface area contributed by atoms with Gasteiger partial charge in [0.15, 0.2) is 0 Å². The highest BCUT2D eigenvalue weighted by molar-refractivity contribution is 7.15. The van der Waals surface area contributed by atoms with Gasteiger partial charge in [0.2, 0.25) is 0 Å². The summed E-state index contributed by atoms with van der Waals surface area (Å²) in [6, 6.07) is 57.2. The van der Waals surface area contributed by atoms with Crippen molar-refractivity contribution in [2.75, 3.05) is 6.61 Å². The molecule has 2 heterocycles. The molecule has 294 valence electrons. The molecule has 0 saturated carbocycles. The van der Waals surface area contributed by atoms with E-state index in [0.29, 0.717) is 37.9 Å². The molecule has 6 aromatic carbocycles. The van der Waals surface area contributed by atoms with Crippen LogP contribution in [0, 0.1) is 0 Å². The number of rotatable bonds is 17. The fraction of sp³-hybridized carbons (Fsp3) is 0.220. The Bertz CT molecular complexity index is 2280. The van der Waals surface area contributed by atoms with Crippen LogP contribution < -0.4 is 0 Å². The van der Waals surface area contributed by atoms with Crippen molar-refractivity contribution in [2.45, 2.75) is 63.4 Å². The monoisotopic (exact) mass is 807 g/mol. The van der Waals surface area contributed by atoms with E-state index in [1.165, 1.54) is 0 Å². The number of thiazole rings is 1. The fourth-order valence-electron chi connectivity index (χ4n) is 7.26. The molecular weight excluding hydrogens is 762 g/mol. The van der Waals surface area contributed by atoms with E-state index in [4.69, 9.17) is 40.3 Å². The number of aromatic nitrogens is 1. The number of benzene rings is 6. The Morgan fingerprint density at radius 1 is 0.552 bits per heavy atom. The van der Waals surface area contributed by atoms with E-state index in [0.717, 1.165) is 48.8 Å². The maximum Gasteiger partial charge on any atom is 0.123 e. The lowest BCUT2D eigenvalue weighted by molar-refractivity contribution is -0.275. The molecule has 58 heavy (non-hydrogen) atoms. The van der Waals surface area contributed by atoms with Crippen molar-refractivity contribution in [3.05, 3.63) is 219 Å². The first-order chi connectivity index (χ1) is 28.7. The molecule has 7 aromatic rings. The summed E-state index contributed by atoms with van der Waals surface area (Å²) in [6.07, 6.45) is -0.0893. The van der Waals surface area contributed by atoms with E-state index in [1.54, 1.807) is 11.3 Å². The quantitative estimate of drug-likeness (QED) is 0.0913. The molecular formula is C50H46ClNO5S. The Morgan fingerprint density at radius 2 is 1.05 bits per heavy atom. The zero-order valence-corrected chi connectivity index (χ0v) is 33.7. The summed E-state index contributed by atoms with van der Waals surface area (Å²) in [4.78, 5) is 5.86. The van der Waals surface area contributed by atoms with Crippen LogP contribution in [0.4, 0.5) is 0 Å². The Kier molecular flexibility index (Phi) is 13.8. The smallest absolute Gasteiger partial charge is 0.123 e. The van der Waals surface area contributed by atoms with Crippen LogP contribution in [0.1, 0.15) is 44.4 Å². The number of hydrogen-bond donors (Lipinski definition) is 0.